The molecule has 3 heteroatoms. The lowest BCUT2D eigenvalue weighted by molar-refractivity contribution is -0.138. The van der Waals surface area contributed by atoms with Crippen molar-refractivity contribution in [3.05, 3.63) is 12.7 Å². The third-order valence-corrected chi connectivity index (χ3v) is 11.5. The second-order valence-electron chi connectivity index (χ2n) is 9.45. The first kappa shape index (κ1) is 20.9. The second-order valence-corrected chi connectivity index (χ2v) is 14.3. The van der Waals surface area contributed by atoms with Gasteiger partial charge < -0.3 is 9.53 Å². The first-order valence-corrected chi connectivity index (χ1v) is 12.3. The Morgan fingerprint density at radius 2 is 1.96 bits per heavy atom. The van der Waals surface area contributed by atoms with Crippen molar-refractivity contribution in [2.45, 2.75) is 96.9 Å². The van der Waals surface area contributed by atoms with Gasteiger partial charge in [-0.25, -0.2) is 0 Å². The molecule has 0 radical (unpaired) electrons. The number of aliphatic hydroxyl groups is 1. The van der Waals surface area contributed by atoms with E-state index in [2.05, 4.69) is 54.3 Å². The highest BCUT2D eigenvalue weighted by atomic mass is 28.4. The van der Waals surface area contributed by atoms with Crippen molar-refractivity contribution in [2.75, 3.05) is 6.61 Å². The molecular weight excluding hydrogens is 300 g/mol. The van der Waals surface area contributed by atoms with Crippen LogP contribution in [-0.2, 0) is 4.43 Å². The lowest BCUT2D eigenvalue weighted by Gasteiger charge is -2.52. The monoisotopic (exact) mass is 340 g/mol. The van der Waals surface area contributed by atoms with Crippen LogP contribution < -0.4 is 0 Å². The minimum absolute atomic E-state index is 0.0516. The highest BCUT2D eigenvalue weighted by molar-refractivity contribution is 6.74. The molecule has 0 aliphatic heterocycles. The molecule has 3 atom stereocenters. The zero-order chi connectivity index (χ0) is 17.9. The van der Waals surface area contributed by atoms with Gasteiger partial charge in [-0.05, 0) is 56.2 Å². The van der Waals surface area contributed by atoms with Gasteiger partial charge in [-0.15, -0.1) is 6.58 Å². The molecule has 1 aliphatic rings. The number of allylic oxidation sites excluding steroid dienone is 1. The smallest absolute Gasteiger partial charge is 0.191 e. The summed E-state index contributed by atoms with van der Waals surface area (Å²) < 4.78 is 6.29. The molecule has 0 unspecified atom stereocenters. The Kier molecular flexibility index (Phi) is 6.74. The van der Waals surface area contributed by atoms with Crippen molar-refractivity contribution in [1.29, 1.82) is 0 Å². The minimum Gasteiger partial charge on any atom is -0.417 e. The highest BCUT2D eigenvalue weighted by Crippen LogP contribution is 2.52. The highest BCUT2D eigenvalue weighted by Gasteiger charge is 2.50. The van der Waals surface area contributed by atoms with Gasteiger partial charge in [0.2, 0.25) is 0 Å². The lowest BCUT2D eigenvalue weighted by atomic mass is 9.56. The molecule has 1 N–H and O–H groups in total. The maximum absolute atomic E-state index is 11.4. The van der Waals surface area contributed by atoms with Gasteiger partial charge in [0.15, 0.2) is 8.32 Å². The van der Waals surface area contributed by atoms with Crippen LogP contribution in [0, 0.1) is 11.3 Å². The van der Waals surface area contributed by atoms with E-state index in [-0.39, 0.29) is 10.5 Å². The molecule has 23 heavy (non-hydrogen) atoms. The molecule has 0 spiro atoms. The molecule has 0 aromatic rings. The van der Waals surface area contributed by atoms with Crippen molar-refractivity contribution < 1.29 is 9.53 Å². The van der Waals surface area contributed by atoms with Crippen molar-refractivity contribution >= 4 is 8.32 Å². The van der Waals surface area contributed by atoms with Gasteiger partial charge in [0, 0.05) is 12.0 Å². The molecule has 0 saturated heterocycles. The predicted molar refractivity (Wildman–Crippen MR) is 103 cm³/mol. The molecule has 1 saturated carbocycles. The summed E-state index contributed by atoms with van der Waals surface area (Å²) in [6, 6.07) is 0. The van der Waals surface area contributed by atoms with Crippen molar-refractivity contribution in [3.8, 4) is 0 Å². The van der Waals surface area contributed by atoms with Crippen molar-refractivity contribution in [1.82, 2.24) is 0 Å². The van der Waals surface area contributed by atoms with E-state index in [1.54, 1.807) is 0 Å². The summed E-state index contributed by atoms with van der Waals surface area (Å²) in [5, 5.41) is 11.6. The summed E-state index contributed by atoms with van der Waals surface area (Å²) >= 11 is 0. The molecule has 0 aromatic carbocycles. The largest absolute Gasteiger partial charge is 0.417 e. The second kappa shape index (κ2) is 7.41. The van der Waals surface area contributed by atoms with Crippen molar-refractivity contribution in [3.63, 3.8) is 0 Å². The van der Waals surface area contributed by atoms with Crippen molar-refractivity contribution in [2.24, 2.45) is 11.3 Å². The van der Waals surface area contributed by atoms with Crippen LogP contribution in [0.5, 0.6) is 0 Å². The van der Waals surface area contributed by atoms with Gasteiger partial charge in [-0.3, -0.25) is 0 Å². The van der Waals surface area contributed by atoms with Gasteiger partial charge in [-0.2, -0.15) is 0 Å². The Balaban J connectivity index is 2.65. The summed E-state index contributed by atoms with van der Waals surface area (Å²) in [5.74, 6) is 0.542. The molecular formula is C20H40O2Si. The fourth-order valence-corrected chi connectivity index (χ4v) is 4.86. The minimum atomic E-state index is -1.68. The summed E-state index contributed by atoms with van der Waals surface area (Å²) in [6.07, 6.45) is 7.94. The molecule has 0 heterocycles. The predicted octanol–water partition coefficient (Wildman–Crippen LogP) is 5.92. The van der Waals surface area contributed by atoms with Crippen LogP contribution in [0.15, 0.2) is 12.7 Å². The molecule has 1 fully saturated rings. The zero-order valence-corrected chi connectivity index (χ0v) is 17.7. The third-order valence-electron chi connectivity index (χ3n) is 6.95. The van der Waals surface area contributed by atoms with Gasteiger partial charge in [-0.1, -0.05) is 47.1 Å². The van der Waals surface area contributed by atoms with E-state index in [1.165, 1.54) is 6.42 Å². The standard InChI is InChI=1S/C20H40O2Si/c1-9-13-19(6)17(2)12-10-14-20(19,21)15-11-16-22-23(7,8)18(3,4)5/h9,17,21H,1,10-16H2,2-8H3/t17-,19+,20-/m0/s1. The van der Waals surface area contributed by atoms with Crippen LogP contribution in [0.3, 0.4) is 0 Å². The van der Waals surface area contributed by atoms with E-state index in [0.717, 1.165) is 38.7 Å². The van der Waals surface area contributed by atoms with Gasteiger partial charge >= 0.3 is 0 Å². The Bertz CT molecular complexity index is 399. The molecule has 2 nitrogen and oxygen atoms in total. The Morgan fingerprint density at radius 3 is 2.48 bits per heavy atom. The number of hydrogen-bond acceptors (Lipinski definition) is 2. The summed E-state index contributed by atoms with van der Waals surface area (Å²) in [7, 11) is -1.68. The SMILES string of the molecule is C=CC[C@]1(C)[C@@H](C)CCC[C@]1(O)CCCO[Si](C)(C)C(C)(C)C. The average Bonchev–Trinajstić information content (AvgIpc) is 2.41. The topological polar surface area (TPSA) is 29.5 Å². The summed E-state index contributed by atoms with van der Waals surface area (Å²) in [6.45, 7) is 20.7. The maximum atomic E-state index is 11.4. The average molecular weight is 341 g/mol. The van der Waals surface area contributed by atoms with E-state index in [0.29, 0.717) is 5.92 Å². The van der Waals surface area contributed by atoms with Crippen LogP contribution >= 0.6 is 0 Å². The zero-order valence-electron chi connectivity index (χ0n) is 16.7. The van der Waals surface area contributed by atoms with Crippen LogP contribution in [0.2, 0.25) is 18.1 Å². The van der Waals surface area contributed by atoms with Crippen LogP contribution in [-0.4, -0.2) is 25.6 Å². The molecule has 0 amide bonds. The first-order valence-electron chi connectivity index (χ1n) is 9.37. The van der Waals surface area contributed by atoms with E-state index < -0.39 is 13.9 Å². The molecule has 1 rings (SSSR count). The van der Waals surface area contributed by atoms with Gasteiger partial charge in [0.1, 0.15) is 0 Å². The van der Waals surface area contributed by atoms with Gasteiger partial charge in [0.05, 0.1) is 5.60 Å². The first-order chi connectivity index (χ1) is 10.4. The normalized spacial score (nSPS) is 32.8. The third kappa shape index (κ3) is 4.49. The van der Waals surface area contributed by atoms with Crippen LogP contribution in [0.25, 0.3) is 0 Å². The van der Waals surface area contributed by atoms with E-state index >= 15 is 0 Å². The van der Waals surface area contributed by atoms with Gasteiger partial charge in [0.25, 0.3) is 0 Å². The molecule has 1 aliphatic carbocycles. The maximum Gasteiger partial charge on any atom is 0.191 e. The van der Waals surface area contributed by atoms with E-state index in [9.17, 15) is 5.11 Å². The fraction of sp³-hybridized carbons (Fsp3) is 0.900. The Labute approximate surface area is 145 Å². The summed E-state index contributed by atoms with van der Waals surface area (Å²) in [4.78, 5) is 0. The molecule has 0 aromatic heterocycles. The number of rotatable bonds is 7. The van der Waals surface area contributed by atoms with Crippen LogP contribution in [0.4, 0.5) is 0 Å². The number of hydrogen-bond donors (Lipinski definition) is 1. The lowest BCUT2D eigenvalue weighted by Crippen LogP contribution is -2.53. The van der Waals surface area contributed by atoms with E-state index in [4.69, 9.17) is 4.43 Å². The Morgan fingerprint density at radius 1 is 1.35 bits per heavy atom. The molecule has 136 valence electrons. The summed E-state index contributed by atoms with van der Waals surface area (Å²) in [5.41, 5.74) is -0.625. The fourth-order valence-electron chi connectivity index (χ4n) is 3.77. The quantitative estimate of drug-likeness (QED) is 0.354. The Hall–Kier alpha value is -0.123. The molecule has 0 bridgehead atoms. The van der Waals surface area contributed by atoms with E-state index in [1.807, 2.05) is 6.08 Å². The van der Waals surface area contributed by atoms with Crippen LogP contribution in [0.1, 0.15) is 73.1 Å².